The highest BCUT2D eigenvalue weighted by atomic mass is 35.5. The third-order valence-corrected chi connectivity index (χ3v) is 4.91. The van der Waals surface area contributed by atoms with Gasteiger partial charge in [0.05, 0.1) is 17.2 Å². The van der Waals surface area contributed by atoms with Crippen molar-refractivity contribution in [2.45, 2.75) is 6.92 Å². The molecule has 1 aromatic heterocycles. The average molecular weight is 435 g/mol. The highest BCUT2D eigenvalue weighted by Crippen LogP contribution is 2.32. The van der Waals surface area contributed by atoms with Gasteiger partial charge in [0.15, 0.2) is 0 Å². The Kier molecular flexibility index (Phi) is 5.91. The van der Waals surface area contributed by atoms with Crippen LogP contribution in [0.3, 0.4) is 0 Å². The number of rotatable bonds is 6. The predicted octanol–water partition coefficient (Wildman–Crippen LogP) is 5.99. The molecule has 3 aromatic carbocycles. The van der Waals surface area contributed by atoms with E-state index in [1.807, 2.05) is 6.92 Å². The SMILES string of the molecule is CCOc1ccc(NC(=O)c2oc3ccccc3c2NC(=O)c2ccccc2Cl)cc1. The Hall–Kier alpha value is -3.77. The van der Waals surface area contributed by atoms with Crippen molar-refractivity contribution >= 4 is 45.8 Å². The molecule has 6 nitrogen and oxygen atoms in total. The molecule has 1 heterocycles. The lowest BCUT2D eigenvalue weighted by atomic mass is 10.1. The van der Waals surface area contributed by atoms with Crippen LogP contribution in [0, 0.1) is 0 Å². The zero-order chi connectivity index (χ0) is 21.8. The van der Waals surface area contributed by atoms with Gasteiger partial charge in [0.1, 0.15) is 17.0 Å². The van der Waals surface area contributed by atoms with Gasteiger partial charge in [-0.2, -0.15) is 0 Å². The maximum Gasteiger partial charge on any atom is 0.293 e. The minimum atomic E-state index is -0.491. The van der Waals surface area contributed by atoms with E-state index in [1.165, 1.54) is 0 Å². The molecule has 0 aliphatic heterocycles. The van der Waals surface area contributed by atoms with Crippen molar-refractivity contribution < 1.29 is 18.7 Å². The summed E-state index contributed by atoms with van der Waals surface area (Å²) in [7, 11) is 0. The predicted molar refractivity (Wildman–Crippen MR) is 121 cm³/mol. The zero-order valence-electron chi connectivity index (χ0n) is 16.6. The molecule has 4 rings (SSSR count). The van der Waals surface area contributed by atoms with E-state index < -0.39 is 11.8 Å². The van der Waals surface area contributed by atoms with Gasteiger partial charge in [0.25, 0.3) is 11.8 Å². The van der Waals surface area contributed by atoms with E-state index in [9.17, 15) is 9.59 Å². The summed E-state index contributed by atoms with van der Waals surface area (Å²) in [5.74, 6) is -0.227. The highest BCUT2D eigenvalue weighted by molar-refractivity contribution is 6.34. The molecule has 0 aliphatic carbocycles. The molecule has 0 radical (unpaired) electrons. The second kappa shape index (κ2) is 8.93. The van der Waals surface area contributed by atoms with Gasteiger partial charge in [-0.15, -0.1) is 0 Å². The summed E-state index contributed by atoms with van der Waals surface area (Å²) in [6.45, 7) is 2.45. The largest absolute Gasteiger partial charge is 0.494 e. The van der Waals surface area contributed by atoms with Crippen LogP contribution in [0.25, 0.3) is 11.0 Å². The molecule has 2 amide bonds. The summed E-state index contributed by atoms with van der Waals surface area (Å²) in [5, 5.41) is 6.50. The van der Waals surface area contributed by atoms with Gasteiger partial charge in [0, 0.05) is 11.1 Å². The number of hydrogen-bond donors (Lipinski definition) is 2. The molecule has 0 saturated heterocycles. The standard InChI is InChI=1S/C24H19ClN2O4/c1-2-30-16-13-11-15(12-14-16)26-24(29)22-21(18-8-4-6-10-20(18)31-22)27-23(28)17-7-3-5-9-19(17)25/h3-14H,2H2,1H3,(H,26,29)(H,27,28). The van der Waals surface area contributed by atoms with E-state index in [4.69, 9.17) is 20.8 Å². The molecule has 156 valence electrons. The molecule has 0 fully saturated rings. The number of carbonyl (C=O) groups excluding carboxylic acids is 2. The van der Waals surface area contributed by atoms with Crippen molar-refractivity contribution in [1.29, 1.82) is 0 Å². The summed E-state index contributed by atoms with van der Waals surface area (Å²) in [5.41, 5.74) is 1.63. The fourth-order valence-corrected chi connectivity index (χ4v) is 3.37. The second-order valence-electron chi connectivity index (χ2n) is 6.65. The van der Waals surface area contributed by atoms with E-state index in [0.29, 0.717) is 39.6 Å². The van der Waals surface area contributed by atoms with Crippen LogP contribution in [-0.2, 0) is 0 Å². The molecule has 0 atom stereocenters. The summed E-state index contributed by atoms with van der Waals surface area (Å²) in [6.07, 6.45) is 0. The van der Waals surface area contributed by atoms with E-state index >= 15 is 0 Å². The smallest absolute Gasteiger partial charge is 0.293 e. The third-order valence-electron chi connectivity index (χ3n) is 4.58. The first-order valence-electron chi connectivity index (χ1n) is 9.68. The number of furan rings is 1. The van der Waals surface area contributed by atoms with Crippen molar-refractivity contribution in [2.75, 3.05) is 17.2 Å². The van der Waals surface area contributed by atoms with Crippen molar-refractivity contribution in [3.05, 3.63) is 89.1 Å². The lowest BCUT2D eigenvalue weighted by molar-refractivity contribution is 0.0999. The Bertz CT molecular complexity index is 1250. The molecule has 4 aromatic rings. The minimum absolute atomic E-state index is 0.00418. The van der Waals surface area contributed by atoms with Crippen LogP contribution >= 0.6 is 11.6 Å². The number of para-hydroxylation sites is 1. The van der Waals surface area contributed by atoms with E-state index in [1.54, 1.807) is 72.8 Å². The second-order valence-corrected chi connectivity index (χ2v) is 7.06. The number of carbonyl (C=O) groups is 2. The molecule has 0 spiro atoms. The number of amides is 2. The molecule has 0 saturated carbocycles. The van der Waals surface area contributed by atoms with Gasteiger partial charge >= 0.3 is 0 Å². The van der Waals surface area contributed by atoms with Gasteiger partial charge in [-0.25, -0.2) is 0 Å². The monoisotopic (exact) mass is 434 g/mol. The lowest BCUT2D eigenvalue weighted by Crippen LogP contribution is -2.17. The maximum atomic E-state index is 13.0. The van der Waals surface area contributed by atoms with E-state index in [-0.39, 0.29) is 11.4 Å². The van der Waals surface area contributed by atoms with Crippen LogP contribution in [0.5, 0.6) is 5.75 Å². The molecule has 0 unspecified atom stereocenters. The van der Waals surface area contributed by atoms with Crippen molar-refractivity contribution in [3.8, 4) is 5.75 Å². The van der Waals surface area contributed by atoms with Crippen LogP contribution in [-0.4, -0.2) is 18.4 Å². The normalized spacial score (nSPS) is 10.6. The number of fused-ring (bicyclic) bond motifs is 1. The van der Waals surface area contributed by atoms with Crippen LogP contribution in [0.1, 0.15) is 27.8 Å². The fourth-order valence-electron chi connectivity index (χ4n) is 3.14. The molecule has 31 heavy (non-hydrogen) atoms. The lowest BCUT2D eigenvalue weighted by Gasteiger charge is -2.09. The van der Waals surface area contributed by atoms with Gasteiger partial charge in [-0.3, -0.25) is 9.59 Å². The number of ether oxygens (including phenoxy) is 1. The maximum absolute atomic E-state index is 13.0. The number of halogens is 1. The van der Waals surface area contributed by atoms with Crippen LogP contribution in [0.15, 0.2) is 77.2 Å². The van der Waals surface area contributed by atoms with Gasteiger partial charge in [-0.1, -0.05) is 35.9 Å². The van der Waals surface area contributed by atoms with Crippen LogP contribution < -0.4 is 15.4 Å². The Morgan fingerprint density at radius 1 is 0.903 bits per heavy atom. The Morgan fingerprint density at radius 2 is 1.61 bits per heavy atom. The topological polar surface area (TPSA) is 80.6 Å². The first-order chi connectivity index (χ1) is 15.1. The minimum Gasteiger partial charge on any atom is -0.494 e. The van der Waals surface area contributed by atoms with E-state index in [0.717, 1.165) is 0 Å². The number of nitrogens with one attached hydrogen (secondary N) is 2. The van der Waals surface area contributed by atoms with Gasteiger partial charge in [0.2, 0.25) is 5.76 Å². The molecule has 7 heteroatoms. The fraction of sp³-hybridized carbons (Fsp3) is 0.0833. The van der Waals surface area contributed by atoms with Gasteiger partial charge < -0.3 is 19.8 Å². The van der Waals surface area contributed by atoms with Crippen molar-refractivity contribution in [3.63, 3.8) is 0 Å². The van der Waals surface area contributed by atoms with Crippen molar-refractivity contribution in [2.24, 2.45) is 0 Å². The summed E-state index contributed by atoms with van der Waals surface area (Å²) >= 11 is 6.15. The first-order valence-corrected chi connectivity index (χ1v) is 10.1. The molecule has 0 aliphatic rings. The Balaban J connectivity index is 1.65. The quantitative estimate of drug-likeness (QED) is 0.390. The number of anilines is 2. The first kappa shape index (κ1) is 20.5. The number of benzene rings is 3. The van der Waals surface area contributed by atoms with E-state index in [2.05, 4.69) is 10.6 Å². The summed E-state index contributed by atoms with van der Waals surface area (Å²) < 4.78 is 11.2. The molecular formula is C24H19ClN2O4. The number of hydrogen-bond acceptors (Lipinski definition) is 4. The van der Waals surface area contributed by atoms with Gasteiger partial charge in [-0.05, 0) is 55.5 Å². The Morgan fingerprint density at radius 3 is 2.35 bits per heavy atom. The average Bonchev–Trinajstić information content (AvgIpc) is 3.14. The van der Waals surface area contributed by atoms with Crippen LogP contribution in [0.2, 0.25) is 5.02 Å². The summed E-state index contributed by atoms with van der Waals surface area (Å²) in [6, 6.07) is 20.8. The highest BCUT2D eigenvalue weighted by Gasteiger charge is 2.23. The molecular weight excluding hydrogens is 416 g/mol. The van der Waals surface area contributed by atoms with Crippen LogP contribution in [0.4, 0.5) is 11.4 Å². The van der Waals surface area contributed by atoms with Crippen molar-refractivity contribution in [1.82, 2.24) is 0 Å². The summed E-state index contributed by atoms with van der Waals surface area (Å²) in [4.78, 5) is 25.8. The molecule has 2 N–H and O–H groups in total. The Labute approximate surface area is 183 Å². The zero-order valence-corrected chi connectivity index (χ0v) is 17.4. The third kappa shape index (κ3) is 4.39. The molecule has 0 bridgehead atoms.